The average Bonchev–Trinajstić information content (AvgIpc) is 3.22. The number of carbonyl (C=O) groups is 1. The van der Waals surface area contributed by atoms with E-state index in [9.17, 15) is 9.90 Å². The summed E-state index contributed by atoms with van der Waals surface area (Å²) in [5.41, 5.74) is 0.512. The van der Waals surface area contributed by atoms with Gasteiger partial charge < -0.3 is 9.84 Å². The molecule has 21 heavy (non-hydrogen) atoms. The van der Waals surface area contributed by atoms with Gasteiger partial charge in [0.1, 0.15) is 5.60 Å². The fourth-order valence-electron chi connectivity index (χ4n) is 2.40. The highest BCUT2D eigenvalue weighted by atomic mass is 16.6. The van der Waals surface area contributed by atoms with Crippen LogP contribution in [-0.4, -0.2) is 34.3 Å². The average molecular weight is 291 g/mol. The van der Waals surface area contributed by atoms with Crippen LogP contribution in [-0.2, 0) is 11.3 Å². The van der Waals surface area contributed by atoms with Gasteiger partial charge in [0.2, 0.25) is 0 Å². The molecule has 4 heteroatoms. The zero-order valence-corrected chi connectivity index (χ0v) is 13.1. The molecule has 0 heterocycles. The molecule has 1 aliphatic carbocycles. The van der Waals surface area contributed by atoms with Crippen LogP contribution in [0.3, 0.4) is 0 Å². The lowest BCUT2D eigenvalue weighted by Crippen LogP contribution is -2.45. The number of ether oxygens (including phenoxy) is 1. The minimum atomic E-state index is -0.532. The third-order valence-electron chi connectivity index (χ3n) is 3.58. The Balaban J connectivity index is 2.15. The molecule has 1 fully saturated rings. The van der Waals surface area contributed by atoms with Crippen molar-refractivity contribution < 1.29 is 14.6 Å². The maximum absolute atomic E-state index is 12.5. The van der Waals surface area contributed by atoms with Crippen LogP contribution in [0.1, 0.15) is 39.2 Å². The minimum Gasteiger partial charge on any atom is -0.444 e. The Morgan fingerprint density at radius 2 is 1.95 bits per heavy atom. The van der Waals surface area contributed by atoms with Crippen molar-refractivity contribution in [2.24, 2.45) is 5.92 Å². The van der Waals surface area contributed by atoms with Gasteiger partial charge in [0, 0.05) is 6.54 Å². The van der Waals surface area contributed by atoms with E-state index in [4.69, 9.17) is 4.74 Å². The first-order valence-corrected chi connectivity index (χ1v) is 7.55. The van der Waals surface area contributed by atoms with Crippen molar-refractivity contribution in [3.63, 3.8) is 0 Å². The van der Waals surface area contributed by atoms with Gasteiger partial charge in [-0.2, -0.15) is 0 Å². The molecule has 1 amide bonds. The quantitative estimate of drug-likeness (QED) is 0.906. The standard InChI is InChI=1S/C17H25NO3/c1-17(2,3)21-16(20)18(15(12-19)14-9-10-14)11-13-7-5-4-6-8-13/h4-8,14-15,19H,9-12H2,1-3H3. The Labute approximate surface area is 126 Å². The molecule has 0 bridgehead atoms. The highest BCUT2D eigenvalue weighted by Crippen LogP contribution is 2.36. The van der Waals surface area contributed by atoms with Gasteiger partial charge in [-0.1, -0.05) is 30.3 Å². The number of amides is 1. The highest BCUT2D eigenvalue weighted by molar-refractivity contribution is 5.68. The lowest BCUT2D eigenvalue weighted by atomic mass is 10.1. The van der Waals surface area contributed by atoms with Crippen LogP contribution in [0, 0.1) is 5.92 Å². The van der Waals surface area contributed by atoms with Crippen LogP contribution in [0.15, 0.2) is 30.3 Å². The second-order valence-electron chi connectivity index (χ2n) is 6.68. The van der Waals surface area contributed by atoms with Gasteiger partial charge >= 0.3 is 6.09 Å². The van der Waals surface area contributed by atoms with Crippen molar-refractivity contribution in [2.45, 2.75) is 51.8 Å². The van der Waals surface area contributed by atoms with Gasteiger partial charge in [0.25, 0.3) is 0 Å². The van der Waals surface area contributed by atoms with Crippen LogP contribution >= 0.6 is 0 Å². The number of hydrogen-bond donors (Lipinski definition) is 1. The Morgan fingerprint density at radius 1 is 1.33 bits per heavy atom. The van der Waals surface area contributed by atoms with E-state index in [0.717, 1.165) is 18.4 Å². The first-order valence-electron chi connectivity index (χ1n) is 7.55. The van der Waals surface area contributed by atoms with E-state index in [1.807, 2.05) is 51.1 Å². The van der Waals surface area contributed by atoms with Crippen LogP contribution in [0.2, 0.25) is 0 Å². The molecular formula is C17H25NO3. The molecule has 1 unspecified atom stereocenters. The van der Waals surface area contributed by atoms with Gasteiger partial charge in [-0.05, 0) is 45.1 Å². The number of rotatable bonds is 5. The number of carbonyl (C=O) groups excluding carboxylic acids is 1. The number of hydrogen-bond acceptors (Lipinski definition) is 3. The number of benzene rings is 1. The summed E-state index contributed by atoms with van der Waals surface area (Å²) in [6.07, 6.45) is 1.79. The van der Waals surface area contributed by atoms with Crippen molar-refractivity contribution >= 4 is 6.09 Å². The number of aliphatic hydroxyl groups is 1. The normalized spacial score (nSPS) is 16.4. The summed E-state index contributed by atoms with van der Waals surface area (Å²) in [5.74, 6) is 0.395. The molecule has 0 spiro atoms. The fourth-order valence-corrected chi connectivity index (χ4v) is 2.40. The highest BCUT2D eigenvalue weighted by Gasteiger charge is 2.38. The molecule has 1 aromatic rings. The van der Waals surface area contributed by atoms with Crippen molar-refractivity contribution in [1.29, 1.82) is 0 Å². The van der Waals surface area contributed by atoms with E-state index >= 15 is 0 Å². The predicted molar refractivity (Wildman–Crippen MR) is 81.8 cm³/mol. The molecule has 1 atom stereocenters. The summed E-state index contributed by atoms with van der Waals surface area (Å²) < 4.78 is 5.51. The molecule has 0 aliphatic heterocycles. The van der Waals surface area contributed by atoms with E-state index in [-0.39, 0.29) is 18.7 Å². The molecule has 0 radical (unpaired) electrons. The van der Waals surface area contributed by atoms with Gasteiger partial charge in [0.15, 0.2) is 0 Å². The van der Waals surface area contributed by atoms with Gasteiger partial charge in [-0.15, -0.1) is 0 Å². The zero-order chi connectivity index (χ0) is 15.5. The van der Waals surface area contributed by atoms with Crippen LogP contribution in [0.4, 0.5) is 4.79 Å². The predicted octanol–water partition coefficient (Wildman–Crippen LogP) is 3.19. The van der Waals surface area contributed by atoms with E-state index in [2.05, 4.69) is 0 Å². The van der Waals surface area contributed by atoms with E-state index in [0.29, 0.717) is 12.5 Å². The van der Waals surface area contributed by atoms with Crippen LogP contribution in [0.5, 0.6) is 0 Å². The summed E-state index contributed by atoms with van der Waals surface area (Å²) in [5, 5.41) is 9.68. The van der Waals surface area contributed by atoms with Crippen molar-refractivity contribution in [3.05, 3.63) is 35.9 Å². The van der Waals surface area contributed by atoms with E-state index in [1.165, 1.54) is 0 Å². The first kappa shape index (κ1) is 15.8. The number of aliphatic hydroxyl groups excluding tert-OH is 1. The van der Waals surface area contributed by atoms with Gasteiger partial charge in [0.05, 0.1) is 12.6 Å². The fraction of sp³-hybridized carbons (Fsp3) is 0.588. The molecule has 2 rings (SSSR count). The Bertz CT molecular complexity index is 463. The second kappa shape index (κ2) is 6.48. The molecule has 0 saturated heterocycles. The molecule has 1 N–H and O–H groups in total. The third-order valence-corrected chi connectivity index (χ3v) is 3.58. The van der Waals surface area contributed by atoms with Crippen LogP contribution in [0.25, 0.3) is 0 Å². The smallest absolute Gasteiger partial charge is 0.410 e. The maximum Gasteiger partial charge on any atom is 0.410 e. The Kier molecular flexibility index (Phi) is 4.88. The second-order valence-corrected chi connectivity index (χ2v) is 6.68. The summed E-state index contributed by atoms with van der Waals surface area (Å²) in [4.78, 5) is 14.2. The molecule has 1 saturated carbocycles. The SMILES string of the molecule is CC(C)(C)OC(=O)N(Cc1ccccc1)C(CO)C1CC1. The first-order chi connectivity index (χ1) is 9.90. The summed E-state index contributed by atoms with van der Waals surface area (Å²) in [6.45, 7) is 6.03. The number of nitrogens with zero attached hydrogens (tertiary/aromatic N) is 1. The maximum atomic E-state index is 12.5. The zero-order valence-electron chi connectivity index (χ0n) is 13.1. The van der Waals surface area contributed by atoms with Gasteiger partial charge in [-0.3, -0.25) is 4.90 Å². The van der Waals surface area contributed by atoms with Gasteiger partial charge in [-0.25, -0.2) is 4.79 Å². The van der Waals surface area contributed by atoms with E-state index in [1.54, 1.807) is 4.90 Å². The molecule has 0 aromatic heterocycles. The monoisotopic (exact) mass is 291 g/mol. The topological polar surface area (TPSA) is 49.8 Å². The Morgan fingerprint density at radius 3 is 2.43 bits per heavy atom. The molecule has 4 nitrogen and oxygen atoms in total. The van der Waals surface area contributed by atoms with Crippen molar-refractivity contribution in [3.8, 4) is 0 Å². The van der Waals surface area contributed by atoms with Crippen molar-refractivity contribution in [2.75, 3.05) is 6.61 Å². The molecule has 1 aliphatic rings. The molecule has 116 valence electrons. The Hall–Kier alpha value is -1.55. The van der Waals surface area contributed by atoms with Crippen LogP contribution < -0.4 is 0 Å². The molecular weight excluding hydrogens is 266 g/mol. The minimum absolute atomic E-state index is 0.0171. The van der Waals surface area contributed by atoms with E-state index < -0.39 is 5.60 Å². The lowest BCUT2D eigenvalue weighted by Gasteiger charge is -2.33. The lowest BCUT2D eigenvalue weighted by molar-refractivity contribution is 0.00367. The third kappa shape index (κ3) is 4.74. The summed E-state index contributed by atoms with van der Waals surface area (Å²) in [7, 11) is 0. The molecule has 1 aromatic carbocycles. The summed E-state index contributed by atoms with van der Waals surface area (Å²) >= 11 is 0. The largest absolute Gasteiger partial charge is 0.444 e. The van der Waals surface area contributed by atoms with Crippen molar-refractivity contribution in [1.82, 2.24) is 4.90 Å². The summed E-state index contributed by atoms with van der Waals surface area (Å²) in [6, 6.07) is 9.67.